The number of aliphatic hydroxyl groups excluding tert-OH is 1. The first-order valence-corrected chi connectivity index (χ1v) is 11.1. The third-order valence-corrected chi connectivity index (χ3v) is 6.17. The average molecular weight is 494 g/mol. The number of anilines is 1. The Bertz CT molecular complexity index is 1350. The highest BCUT2D eigenvalue weighted by atomic mass is 35.5. The molecule has 1 unspecified atom stereocenters. The maximum atomic E-state index is 13.3. The van der Waals surface area contributed by atoms with Crippen LogP contribution < -0.4 is 19.1 Å². The highest BCUT2D eigenvalue weighted by molar-refractivity contribution is 6.51. The lowest BCUT2D eigenvalue weighted by molar-refractivity contribution is -0.132. The lowest BCUT2D eigenvalue weighted by Gasteiger charge is -2.26. The molecule has 0 saturated carbocycles. The number of carbonyl (C=O) groups excluding carboxylic acids is 2. The molecule has 1 atom stereocenters. The second-order valence-electron chi connectivity index (χ2n) is 7.97. The van der Waals surface area contributed by atoms with Crippen molar-refractivity contribution in [3.8, 4) is 17.2 Å². The van der Waals surface area contributed by atoms with Crippen LogP contribution in [0.15, 0.2) is 66.2 Å². The van der Waals surface area contributed by atoms with Gasteiger partial charge in [0.2, 0.25) is 0 Å². The molecule has 1 saturated heterocycles. The Morgan fingerprint density at radius 1 is 0.886 bits per heavy atom. The van der Waals surface area contributed by atoms with Gasteiger partial charge in [0.05, 0.1) is 38.0 Å². The molecule has 1 heterocycles. The number of halogens is 1. The monoisotopic (exact) mass is 493 g/mol. The Labute approximate surface area is 208 Å². The van der Waals surface area contributed by atoms with Crippen molar-refractivity contribution in [1.29, 1.82) is 0 Å². The van der Waals surface area contributed by atoms with Gasteiger partial charge >= 0.3 is 0 Å². The van der Waals surface area contributed by atoms with E-state index in [0.717, 1.165) is 5.56 Å². The SMILES string of the molecule is COc1ccc(N2C(=O)C(=O)/C(=C(/O)c3ccc(OC)c(OC)c3)C2c2cccc(C)c2)cc1Cl. The van der Waals surface area contributed by atoms with Gasteiger partial charge in [-0.25, -0.2) is 0 Å². The summed E-state index contributed by atoms with van der Waals surface area (Å²) >= 11 is 6.33. The summed E-state index contributed by atoms with van der Waals surface area (Å²) < 4.78 is 15.8. The molecular formula is C27H24ClNO6. The van der Waals surface area contributed by atoms with E-state index in [1.165, 1.54) is 26.2 Å². The summed E-state index contributed by atoms with van der Waals surface area (Å²) in [5, 5.41) is 11.6. The standard InChI is InChI=1S/C27H24ClNO6/c1-15-6-5-7-16(12-15)24-23(25(30)17-8-10-21(34-3)22(13-17)35-4)26(31)27(32)29(24)18-9-11-20(33-2)19(28)14-18/h5-14,24,30H,1-4H3/b25-23+. The maximum Gasteiger partial charge on any atom is 0.300 e. The minimum Gasteiger partial charge on any atom is -0.507 e. The number of nitrogens with zero attached hydrogens (tertiary/aromatic N) is 1. The van der Waals surface area contributed by atoms with Gasteiger partial charge in [-0.05, 0) is 48.9 Å². The molecule has 1 aliphatic rings. The maximum absolute atomic E-state index is 13.3. The van der Waals surface area contributed by atoms with Crippen LogP contribution >= 0.6 is 11.6 Å². The van der Waals surface area contributed by atoms with Crippen LogP contribution in [0.5, 0.6) is 17.2 Å². The summed E-state index contributed by atoms with van der Waals surface area (Å²) in [7, 11) is 4.46. The van der Waals surface area contributed by atoms with Crippen molar-refractivity contribution in [2.24, 2.45) is 0 Å². The molecule has 1 fully saturated rings. The molecule has 0 bridgehead atoms. The molecule has 35 heavy (non-hydrogen) atoms. The molecule has 3 aromatic rings. The van der Waals surface area contributed by atoms with E-state index in [9.17, 15) is 14.7 Å². The van der Waals surface area contributed by atoms with Gasteiger partial charge < -0.3 is 19.3 Å². The summed E-state index contributed by atoms with van der Waals surface area (Å²) in [5.41, 5.74) is 2.27. The average Bonchev–Trinajstić information content (AvgIpc) is 3.13. The van der Waals surface area contributed by atoms with Gasteiger partial charge in [-0.3, -0.25) is 14.5 Å². The molecule has 0 aliphatic carbocycles. The van der Waals surface area contributed by atoms with Crippen LogP contribution in [0.3, 0.4) is 0 Å². The lowest BCUT2D eigenvalue weighted by atomic mass is 9.94. The molecule has 0 radical (unpaired) electrons. The van der Waals surface area contributed by atoms with Gasteiger partial charge in [-0.2, -0.15) is 0 Å². The molecule has 1 N–H and O–H groups in total. The van der Waals surface area contributed by atoms with Crippen molar-refractivity contribution in [3.63, 3.8) is 0 Å². The van der Waals surface area contributed by atoms with E-state index in [0.29, 0.717) is 34.1 Å². The Balaban J connectivity index is 1.95. The zero-order valence-electron chi connectivity index (χ0n) is 19.7. The Hall–Kier alpha value is -3.97. The van der Waals surface area contributed by atoms with Gasteiger partial charge in [-0.1, -0.05) is 41.4 Å². The number of methoxy groups -OCH3 is 3. The number of aryl methyl sites for hydroxylation is 1. The molecule has 1 aliphatic heterocycles. The largest absolute Gasteiger partial charge is 0.507 e. The number of amides is 1. The number of hydrogen-bond acceptors (Lipinski definition) is 6. The molecule has 1 amide bonds. The van der Waals surface area contributed by atoms with Crippen LogP contribution in [0.2, 0.25) is 5.02 Å². The van der Waals surface area contributed by atoms with Gasteiger partial charge in [0.25, 0.3) is 11.7 Å². The highest BCUT2D eigenvalue weighted by Gasteiger charge is 2.47. The van der Waals surface area contributed by atoms with Gasteiger partial charge in [-0.15, -0.1) is 0 Å². The smallest absolute Gasteiger partial charge is 0.300 e. The van der Waals surface area contributed by atoms with Crippen LogP contribution in [-0.4, -0.2) is 38.1 Å². The number of carbonyl (C=O) groups is 2. The minimum atomic E-state index is -0.882. The molecule has 4 rings (SSSR count). The fraction of sp³-hybridized carbons (Fsp3) is 0.185. The lowest BCUT2D eigenvalue weighted by Crippen LogP contribution is -2.29. The molecular weight excluding hydrogens is 470 g/mol. The molecule has 0 spiro atoms. The van der Waals surface area contributed by atoms with E-state index in [-0.39, 0.29) is 16.4 Å². The van der Waals surface area contributed by atoms with Crippen LogP contribution in [-0.2, 0) is 9.59 Å². The fourth-order valence-corrected chi connectivity index (χ4v) is 4.45. The predicted octanol–water partition coefficient (Wildman–Crippen LogP) is 5.30. The van der Waals surface area contributed by atoms with Crippen molar-refractivity contribution in [2.45, 2.75) is 13.0 Å². The molecule has 180 valence electrons. The third kappa shape index (κ3) is 4.31. The van der Waals surface area contributed by atoms with Crippen LogP contribution in [0, 0.1) is 6.92 Å². The van der Waals surface area contributed by atoms with E-state index in [2.05, 4.69) is 0 Å². The number of ketones is 1. The Morgan fingerprint density at radius 3 is 2.20 bits per heavy atom. The topological polar surface area (TPSA) is 85.3 Å². The first-order chi connectivity index (χ1) is 16.8. The molecule has 3 aromatic carbocycles. The van der Waals surface area contributed by atoms with E-state index in [1.807, 2.05) is 31.2 Å². The number of benzene rings is 3. The van der Waals surface area contributed by atoms with Crippen molar-refractivity contribution < 1.29 is 28.9 Å². The normalized spacial score (nSPS) is 16.9. The van der Waals surface area contributed by atoms with E-state index in [4.69, 9.17) is 25.8 Å². The second-order valence-corrected chi connectivity index (χ2v) is 8.38. The van der Waals surface area contributed by atoms with E-state index < -0.39 is 17.7 Å². The third-order valence-electron chi connectivity index (χ3n) is 5.87. The molecule has 0 aromatic heterocycles. The van der Waals surface area contributed by atoms with Crippen LogP contribution in [0.4, 0.5) is 5.69 Å². The van der Waals surface area contributed by atoms with Crippen LogP contribution in [0.1, 0.15) is 22.7 Å². The summed E-state index contributed by atoms with van der Waals surface area (Å²) in [5.74, 6) is -0.634. The summed E-state index contributed by atoms with van der Waals surface area (Å²) in [6.07, 6.45) is 0. The summed E-state index contributed by atoms with van der Waals surface area (Å²) in [6, 6.07) is 16.2. The summed E-state index contributed by atoms with van der Waals surface area (Å²) in [6.45, 7) is 1.91. The zero-order chi connectivity index (χ0) is 25.3. The first kappa shape index (κ1) is 24.2. The van der Waals surface area contributed by atoms with Crippen molar-refractivity contribution >= 4 is 34.7 Å². The summed E-state index contributed by atoms with van der Waals surface area (Å²) in [4.78, 5) is 28.0. The van der Waals surface area contributed by atoms with Crippen molar-refractivity contribution in [1.82, 2.24) is 0 Å². The van der Waals surface area contributed by atoms with Gasteiger partial charge in [0.15, 0.2) is 11.5 Å². The number of aliphatic hydroxyl groups is 1. The van der Waals surface area contributed by atoms with Crippen molar-refractivity contribution in [2.75, 3.05) is 26.2 Å². The van der Waals surface area contributed by atoms with Gasteiger partial charge in [0, 0.05) is 11.3 Å². The van der Waals surface area contributed by atoms with Crippen LogP contribution in [0.25, 0.3) is 5.76 Å². The number of ether oxygens (including phenoxy) is 3. The number of hydrogen-bond donors (Lipinski definition) is 1. The quantitative estimate of drug-likeness (QED) is 0.285. The fourth-order valence-electron chi connectivity index (χ4n) is 4.20. The zero-order valence-corrected chi connectivity index (χ0v) is 20.4. The molecule has 7 nitrogen and oxygen atoms in total. The van der Waals surface area contributed by atoms with E-state index >= 15 is 0 Å². The number of rotatable bonds is 6. The van der Waals surface area contributed by atoms with E-state index in [1.54, 1.807) is 36.4 Å². The predicted molar refractivity (Wildman–Crippen MR) is 134 cm³/mol. The van der Waals surface area contributed by atoms with Crippen molar-refractivity contribution in [3.05, 3.63) is 87.9 Å². The second kappa shape index (κ2) is 9.72. The minimum absolute atomic E-state index is 0.0419. The molecule has 8 heteroatoms. The Morgan fingerprint density at radius 2 is 1.57 bits per heavy atom. The highest BCUT2D eigenvalue weighted by Crippen LogP contribution is 2.44. The Kier molecular flexibility index (Phi) is 6.71. The number of Topliss-reactive ketones (excluding diaryl/α,β-unsaturated/α-hetero) is 1. The van der Waals surface area contributed by atoms with Gasteiger partial charge in [0.1, 0.15) is 11.5 Å². The first-order valence-electron chi connectivity index (χ1n) is 10.7.